The van der Waals surface area contributed by atoms with E-state index in [2.05, 4.69) is 48.7 Å². The number of H-pyrrole nitrogens is 2. The number of nitrogens with zero attached hydrogens (tertiary/aromatic N) is 2. The van der Waals surface area contributed by atoms with Crippen molar-refractivity contribution in [2.24, 2.45) is 0 Å². The number of ether oxygens (including phenoxy) is 1. The highest BCUT2D eigenvalue weighted by atomic mass is 16.5. The Morgan fingerprint density at radius 2 is 1.71 bits per heavy atom. The molecule has 3 atom stereocenters. The van der Waals surface area contributed by atoms with E-state index in [0.29, 0.717) is 34.4 Å². The van der Waals surface area contributed by atoms with Crippen LogP contribution in [-0.4, -0.2) is 49.8 Å². The molecule has 5 heterocycles. The third-order valence-corrected chi connectivity index (χ3v) is 11.0. The van der Waals surface area contributed by atoms with E-state index < -0.39 is 11.9 Å². The van der Waals surface area contributed by atoms with Gasteiger partial charge in [0.15, 0.2) is 5.78 Å². The SMILES string of the molecule is C=Cc1c(C)c2cc3nc(c4c5[nH]c(cc6nc(cc1[nH]2)C(C)=C6CC)c(C)c5C(=O)C4C(=O)OC)[C@@H](CCC(=O)Nc1ccc(CO)cc1)[C@@H]3C. The van der Waals surface area contributed by atoms with Crippen molar-refractivity contribution in [1.29, 1.82) is 0 Å². The summed E-state index contributed by atoms with van der Waals surface area (Å²) in [7, 11) is 1.29. The van der Waals surface area contributed by atoms with Gasteiger partial charge in [-0.25, -0.2) is 4.98 Å². The molecule has 0 spiro atoms. The van der Waals surface area contributed by atoms with Crippen LogP contribution < -0.4 is 5.32 Å². The predicted molar refractivity (Wildman–Crippen MR) is 204 cm³/mol. The summed E-state index contributed by atoms with van der Waals surface area (Å²) in [6.07, 6.45) is 3.20. The number of ketones is 1. The van der Waals surface area contributed by atoms with Gasteiger partial charge in [-0.3, -0.25) is 19.4 Å². The second-order valence-corrected chi connectivity index (χ2v) is 13.9. The van der Waals surface area contributed by atoms with Crippen molar-refractivity contribution in [2.45, 2.75) is 78.2 Å². The molecule has 8 bridgehead atoms. The molecule has 266 valence electrons. The number of carbonyl (C=O) groups excluding carboxylic acids is 3. The van der Waals surface area contributed by atoms with Crippen molar-refractivity contribution < 1.29 is 24.2 Å². The minimum Gasteiger partial charge on any atom is -0.468 e. The smallest absolute Gasteiger partial charge is 0.321 e. The topological polar surface area (TPSA) is 150 Å². The van der Waals surface area contributed by atoms with Gasteiger partial charge in [0.05, 0.1) is 36.3 Å². The summed E-state index contributed by atoms with van der Waals surface area (Å²) in [5.41, 5.74) is 13.3. The number of aromatic nitrogens is 4. The Morgan fingerprint density at radius 3 is 2.38 bits per heavy atom. The summed E-state index contributed by atoms with van der Waals surface area (Å²) in [5, 5.41) is 12.4. The highest BCUT2D eigenvalue weighted by molar-refractivity contribution is 6.23. The number of aliphatic hydroxyl groups is 1. The van der Waals surface area contributed by atoms with Gasteiger partial charge in [0.1, 0.15) is 5.92 Å². The van der Waals surface area contributed by atoms with E-state index in [-0.39, 0.29) is 36.6 Å². The molecule has 52 heavy (non-hydrogen) atoms. The van der Waals surface area contributed by atoms with E-state index in [1.165, 1.54) is 7.11 Å². The van der Waals surface area contributed by atoms with Crippen LogP contribution in [0.5, 0.6) is 0 Å². The fourth-order valence-electron chi connectivity index (χ4n) is 8.02. The molecule has 4 N–H and O–H groups in total. The molecule has 0 fully saturated rings. The summed E-state index contributed by atoms with van der Waals surface area (Å²) in [5.74, 6) is -2.81. The molecule has 1 aliphatic carbocycles. The Bertz CT molecular complexity index is 2380. The van der Waals surface area contributed by atoms with Gasteiger partial charge < -0.3 is 25.1 Å². The summed E-state index contributed by atoms with van der Waals surface area (Å²) in [6.45, 7) is 14.2. The van der Waals surface area contributed by atoms with Crippen LogP contribution in [0, 0.1) is 13.8 Å². The van der Waals surface area contributed by atoms with Gasteiger partial charge >= 0.3 is 5.97 Å². The number of hydrogen-bond donors (Lipinski definition) is 4. The van der Waals surface area contributed by atoms with Crippen molar-refractivity contribution in [3.63, 3.8) is 0 Å². The maximum Gasteiger partial charge on any atom is 0.321 e. The second-order valence-electron chi connectivity index (χ2n) is 13.9. The average molecular weight is 698 g/mol. The number of Topliss-reactive ketones (excluding diaryl/α,β-unsaturated/α-hetero) is 1. The minimum absolute atomic E-state index is 0.0809. The largest absolute Gasteiger partial charge is 0.468 e. The number of benzene rings is 1. The van der Waals surface area contributed by atoms with Crippen molar-refractivity contribution in [1.82, 2.24) is 19.9 Å². The molecule has 7 rings (SSSR count). The van der Waals surface area contributed by atoms with Crippen LogP contribution in [0.3, 0.4) is 0 Å². The highest BCUT2D eigenvalue weighted by Crippen LogP contribution is 2.48. The van der Waals surface area contributed by atoms with E-state index in [1.807, 2.05) is 32.1 Å². The maximum atomic E-state index is 14.3. The van der Waals surface area contributed by atoms with Gasteiger partial charge in [0.2, 0.25) is 5.91 Å². The van der Waals surface area contributed by atoms with E-state index in [1.54, 1.807) is 24.3 Å². The molecule has 0 radical (unpaired) electrons. The monoisotopic (exact) mass is 697 g/mol. The zero-order valence-electron chi connectivity index (χ0n) is 30.4. The lowest BCUT2D eigenvalue weighted by atomic mass is 9.84. The van der Waals surface area contributed by atoms with Crippen LogP contribution in [0.2, 0.25) is 0 Å². The lowest BCUT2D eigenvalue weighted by Gasteiger charge is -2.19. The molecule has 2 aliphatic heterocycles. The van der Waals surface area contributed by atoms with E-state index in [9.17, 15) is 19.5 Å². The van der Waals surface area contributed by atoms with E-state index in [4.69, 9.17) is 14.7 Å². The number of methoxy groups -OCH3 is 1. The molecule has 10 nitrogen and oxygen atoms in total. The predicted octanol–water partition coefficient (Wildman–Crippen LogP) is 8.17. The number of amides is 1. The number of hydrogen-bond acceptors (Lipinski definition) is 7. The number of carbonyl (C=O) groups is 3. The Balaban J connectivity index is 1.48. The Labute approximate surface area is 302 Å². The summed E-state index contributed by atoms with van der Waals surface area (Å²) >= 11 is 0. The van der Waals surface area contributed by atoms with Gasteiger partial charge in [-0.15, -0.1) is 0 Å². The lowest BCUT2D eigenvalue weighted by Crippen LogP contribution is -2.21. The van der Waals surface area contributed by atoms with Crippen molar-refractivity contribution in [3.8, 4) is 0 Å². The first kappa shape index (κ1) is 34.8. The van der Waals surface area contributed by atoms with Gasteiger partial charge in [0.25, 0.3) is 0 Å². The highest BCUT2D eigenvalue weighted by Gasteiger charge is 2.45. The number of fused-ring (bicyclic) bond motifs is 8. The van der Waals surface area contributed by atoms with Crippen LogP contribution in [-0.2, 0) is 20.9 Å². The number of nitrogens with one attached hydrogen (secondary N) is 3. The first-order chi connectivity index (χ1) is 25.0. The standard InChI is InChI=1S/C42H43N5O5/c1-8-26-20(3)29-16-31-22(5)28(14-15-35(49)43-25-12-10-24(19-48)11-13-25)39(46-31)37-38(42(51)52-7)41(50)36-23(6)32(47-40(36)37)18-34-27(9-2)21(4)30(45-34)17-33(26)44-29/h8,10-13,16-18,22,28,38,44,47-48H,1,9,14-15,19H2,2-7H3,(H,43,49)/t22-,28-,38?/m0/s1. The van der Waals surface area contributed by atoms with Crippen LogP contribution >= 0.6 is 0 Å². The first-order valence-corrected chi connectivity index (χ1v) is 17.7. The molecule has 1 amide bonds. The molecule has 0 saturated carbocycles. The van der Waals surface area contributed by atoms with Gasteiger partial charge in [0, 0.05) is 62.9 Å². The fraction of sp³-hybridized carbons (Fsp3) is 0.310. The van der Waals surface area contributed by atoms with E-state index in [0.717, 1.165) is 73.5 Å². The molecular weight excluding hydrogens is 654 g/mol. The maximum absolute atomic E-state index is 14.3. The molecule has 4 aromatic rings. The molecule has 3 aliphatic rings. The minimum atomic E-state index is -1.19. The van der Waals surface area contributed by atoms with Crippen molar-refractivity contribution >= 4 is 62.6 Å². The fourth-order valence-corrected chi connectivity index (χ4v) is 8.02. The zero-order valence-corrected chi connectivity index (χ0v) is 30.4. The molecule has 0 saturated heterocycles. The average Bonchev–Trinajstić information content (AvgIpc) is 3.88. The van der Waals surface area contributed by atoms with Crippen molar-refractivity contribution in [3.05, 3.63) is 105 Å². The second kappa shape index (κ2) is 13.5. The summed E-state index contributed by atoms with van der Waals surface area (Å²) in [4.78, 5) is 58.4. The molecule has 3 aromatic heterocycles. The number of esters is 1. The van der Waals surface area contributed by atoms with Gasteiger partial charge in [-0.05, 0) is 91.8 Å². The molecule has 1 aromatic carbocycles. The number of anilines is 1. The van der Waals surface area contributed by atoms with Gasteiger partial charge in [-0.2, -0.15) is 0 Å². The zero-order chi connectivity index (χ0) is 37.0. The lowest BCUT2D eigenvalue weighted by molar-refractivity contribution is -0.141. The first-order valence-electron chi connectivity index (χ1n) is 17.7. The quantitative estimate of drug-likeness (QED) is 0.107. The third-order valence-electron chi connectivity index (χ3n) is 11.0. The van der Waals surface area contributed by atoms with Crippen LogP contribution in [0.1, 0.15) is 119 Å². The number of aromatic amines is 2. The number of rotatable bonds is 8. The Kier molecular flexibility index (Phi) is 9.04. The Morgan fingerprint density at radius 1 is 1.00 bits per heavy atom. The van der Waals surface area contributed by atoms with Gasteiger partial charge in [-0.1, -0.05) is 38.6 Å². The third kappa shape index (κ3) is 5.67. The normalized spacial score (nSPS) is 17.8. The van der Waals surface area contributed by atoms with Crippen molar-refractivity contribution in [2.75, 3.05) is 12.4 Å². The molecular formula is C42H43N5O5. The Hall–Kier alpha value is -5.61. The summed E-state index contributed by atoms with van der Waals surface area (Å²) < 4.78 is 5.23. The molecule has 1 unspecified atom stereocenters. The summed E-state index contributed by atoms with van der Waals surface area (Å²) in [6, 6.07) is 13.1. The number of aryl methyl sites for hydroxylation is 2. The number of aliphatic hydroxyl groups excluding tert-OH is 1. The van der Waals surface area contributed by atoms with Crippen LogP contribution in [0.4, 0.5) is 5.69 Å². The van der Waals surface area contributed by atoms with E-state index >= 15 is 0 Å². The van der Waals surface area contributed by atoms with Crippen LogP contribution in [0.25, 0.3) is 39.3 Å². The number of allylic oxidation sites excluding steroid dienone is 2. The molecule has 10 heteroatoms. The van der Waals surface area contributed by atoms with Crippen LogP contribution in [0.15, 0.2) is 49.0 Å².